The molecule has 1 aromatic carbocycles. The van der Waals surface area contributed by atoms with Gasteiger partial charge in [-0.15, -0.1) is 5.10 Å². The van der Waals surface area contributed by atoms with Crippen molar-refractivity contribution in [2.75, 3.05) is 18.4 Å². The zero-order chi connectivity index (χ0) is 21.1. The van der Waals surface area contributed by atoms with Gasteiger partial charge >= 0.3 is 0 Å². The Morgan fingerprint density at radius 2 is 1.97 bits per heavy atom. The molecule has 1 aliphatic carbocycles. The SMILES string of the molecule is N#CC1CC(C(=O)Nc2ccccc2)CN1C(=O)CNC(=O)c1cn(C2CC2)nn1. The molecule has 3 amide bonds. The van der Waals surface area contributed by atoms with Crippen LogP contribution in [0.5, 0.6) is 0 Å². The maximum Gasteiger partial charge on any atom is 0.273 e. The molecule has 1 saturated heterocycles. The number of rotatable bonds is 6. The molecule has 2 unspecified atom stereocenters. The summed E-state index contributed by atoms with van der Waals surface area (Å²) >= 11 is 0. The number of benzene rings is 1. The van der Waals surface area contributed by atoms with E-state index in [1.807, 2.05) is 18.2 Å². The second-order valence-corrected chi connectivity index (χ2v) is 7.48. The van der Waals surface area contributed by atoms with Gasteiger partial charge < -0.3 is 15.5 Å². The highest BCUT2D eigenvalue weighted by Gasteiger charge is 2.38. The molecule has 2 aromatic rings. The number of nitriles is 1. The Kier molecular flexibility index (Phi) is 5.43. The van der Waals surface area contributed by atoms with Crippen LogP contribution in [0.3, 0.4) is 0 Å². The molecule has 0 spiro atoms. The quantitative estimate of drug-likeness (QED) is 0.725. The summed E-state index contributed by atoms with van der Waals surface area (Å²) in [6.45, 7) is -0.149. The van der Waals surface area contributed by atoms with Crippen molar-refractivity contribution in [2.24, 2.45) is 5.92 Å². The third-order valence-corrected chi connectivity index (χ3v) is 5.25. The molecule has 2 aliphatic rings. The lowest BCUT2D eigenvalue weighted by Gasteiger charge is -2.19. The Morgan fingerprint density at radius 1 is 1.20 bits per heavy atom. The van der Waals surface area contributed by atoms with Gasteiger partial charge in [0.15, 0.2) is 5.69 Å². The fourth-order valence-electron chi connectivity index (χ4n) is 3.44. The summed E-state index contributed by atoms with van der Waals surface area (Å²) in [6, 6.07) is 10.7. The maximum atomic E-state index is 12.6. The zero-order valence-electron chi connectivity index (χ0n) is 16.2. The minimum absolute atomic E-state index is 0.128. The number of carbonyl (C=O) groups excluding carboxylic acids is 3. The van der Waals surface area contributed by atoms with Crippen molar-refractivity contribution in [3.63, 3.8) is 0 Å². The number of likely N-dealkylation sites (tertiary alicyclic amines) is 1. The molecule has 154 valence electrons. The van der Waals surface area contributed by atoms with Crippen LogP contribution in [0, 0.1) is 17.2 Å². The summed E-state index contributed by atoms with van der Waals surface area (Å²) in [4.78, 5) is 38.7. The van der Waals surface area contributed by atoms with Gasteiger partial charge in [-0.1, -0.05) is 23.4 Å². The molecule has 2 fully saturated rings. The van der Waals surface area contributed by atoms with E-state index >= 15 is 0 Å². The van der Waals surface area contributed by atoms with E-state index < -0.39 is 23.8 Å². The van der Waals surface area contributed by atoms with Crippen LogP contribution in [-0.4, -0.2) is 56.7 Å². The average Bonchev–Trinajstić information content (AvgIpc) is 3.32. The van der Waals surface area contributed by atoms with Crippen LogP contribution in [0.4, 0.5) is 5.69 Å². The highest BCUT2D eigenvalue weighted by molar-refractivity contribution is 5.96. The predicted octanol–water partition coefficient (Wildman–Crippen LogP) is 0.722. The third kappa shape index (κ3) is 4.30. The number of para-hydroxylation sites is 1. The first-order valence-corrected chi connectivity index (χ1v) is 9.80. The van der Waals surface area contributed by atoms with Crippen LogP contribution in [0.1, 0.15) is 35.8 Å². The van der Waals surface area contributed by atoms with Crippen LogP contribution >= 0.6 is 0 Å². The molecule has 10 heteroatoms. The van der Waals surface area contributed by atoms with Crippen molar-refractivity contribution in [3.8, 4) is 6.07 Å². The molecule has 1 aromatic heterocycles. The molecule has 1 aliphatic heterocycles. The average molecular weight is 407 g/mol. The molecule has 4 rings (SSSR count). The fourth-order valence-corrected chi connectivity index (χ4v) is 3.44. The van der Waals surface area contributed by atoms with E-state index in [2.05, 4.69) is 27.0 Å². The number of nitrogens with one attached hydrogen (secondary N) is 2. The monoisotopic (exact) mass is 407 g/mol. The van der Waals surface area contributed by atoms with Gasteiger partial charge in [-0.2, -0.15) is 5.26 Å². The van der Waals surface area contributed by atoms with E-state index in [0.717, 1.165) is 12.8 Å². The van der Waals surface area contributed by atoms with Crippen molar-refractivity contribution >= 4 is 23.4 Å². The minimum atomic E-state index is -0.711. The Bertz CT molecular complexity index is 993. The second-order valence-electron chi connectivity index (χ2n) is 7.48. The molecule has 10 nitrogen and oxygen atoms in total. The zero-order valence-corrected chi connectivity index (χ0v) is 16.2. The number of hydrogen-bond donors (Lipinski definition) is 2. The molecule has 0 radical (unpaired) electrons. The molecule has 30 heavy (non-hydrogen) atoms. The van der Waals surface area contributed by atoms with Crippen LogP contribution in [0.2, 0.25) is 0 Å². The highest BCUT2D eigenvalue weighted by Crippen LogP contribution is 2.33. The summed E-state index contributed by atoms with van der Waals surface area (Å²) < 4.78 is 1.65. The summed E-state index contributed by atoms with van der Waals surface area (Å²) in [5, 5.41) is 22.5. The van der Waals surface area contributed by atoms with Gasteiger partial charge in [0.05, 0.1) is 30.8 Å². The molecule has 2 atom stereocenters. The van der Waals surface area contributed by atoms with Crippen molar-refractivity contribution in [1.29, 1.82) is 5.26 Å². The number of aromatic nitrogens is 3. The van der Waals surface area contributed by atoms with E-state index in [1.54, 1.807) is 23.0 Å². The van der Waals surface area contributed by atoms with Gasteiger partial charge in [0.2, 0.25) is 11.8 Å². The Hall–Kier alpha value is -3.74. The molecule has 2 heterocycles. The molecule has 0 bridgehead atoms. The number of anilines is 1. The summed E-state index contributed by atoms with van der Waals surface area (Å²) in [7, 11) is 0. The minimum Gasteiger partial charge on any atom is -0.342 e. The van der Waals surface area contributed by atoms with Gasteiger partial charge in [0.1, 0.15) is 6.04 Å². The molecular formula is C20H21N7O3. The summed E-state index contributed by atoms with van der Waals surface area (Å²) in [5.41, 5.74) is 0.806. The summed E-state index contributed by atoms with van der Waals surface area (Å²) in [5.74, 6) is -1.65. The van der Waals surface area contributed by atoms with Crippen LogP contribution in [-0.2, 0) is 9.59 Å². The van der Waals surface area contributed by atoms with Gasteiger partial charge in [0, 0.05) is 12.2 Å². The van der Waals surface area contributed by atoms with Crippen LogP contribution < -0.4 is 10.6 Å². The van der Waals surface area contributed by atoms with E-state index in [-0.39, 0.29) is 31.1 Å². The Labute approximate surface area is 172 Å². The summed E-state index contributed by atoms with van der Waals surface area (Å²) in [6.07, 6.45) is 3.86. The standard InChI is InChI=1S/C20H21N7O3/c21-9-16-8-13(19(29)23-14-4-2-1-3-5-14)11-26(16)18(28)10-22-20(30)17-12-27(25-24-17)15-6-7-15/h1-5,12-13,15-16H,6-8,10-11H2,(H,22,30)(H,23,29). The molecular weight excluding hydrogens is 386 g/mol. The van der Waals surface area contributed by atoms with Gasteiger partial charge in [0.25, 0.3) is 5.91 Å². The smallest absolute Gasteiger partial charge is 0.273 e. The first-order chi connectivity index (χ1) is 14.5. The van der Waals surface area contributed by atoms with E-state index in [9.17, 15) is 19.6 Å². The number of amides is 3. The number of carbonyl (C=O) groups is 3. The van der Waals surface area contributed by atoms with Gasteiger partial charge in [-0.3, -0.25) is 14.4 Å². The first kappa shape index (κ1) is 19.6. The first-order valence-electron chi connectivity index (χ1n) is 9.80. The Balaban J connectivity index is 1.31. The third-order valence-electron chi connectivity index (χ3n) is 5.25. The largest absolute Gasteiger partial charge is 0.342 e. The fraction of sp³-hybridized carbons (Fsp3) is 0.400. The van der Waals surface area contributed by atoms with E-state index in [0.29, 0.717) is 11.7 Å². The predicted molar refractivity (Wildman–Crippen MR) is 105 cm³/mol. The lowest BCUT2D eigenvalue weighted by atomic mass is 10.1. The second kappa shape index (κ2) is 8.32. The van der Waals surface area contributed by atoms with E-state index in [1.165, 1.54) is 4.90 Å². The van der Waals surface area contributed by atoms with Crippen molar-refractivity contribution < 1.29 is 14.4 Å². The van der Waals surface area contributed by atoms with E-state index in [4.69, 9.17) is 0 Å². The van der Waals surface area contributed by atoms with Crippen LogP contribution in [0.15, 0.2) is 36.5 Å². The highest BCUT2D eigenvalue weighted by atomic mass is 16.2. The maximum absolute atomic E-state index is 12.6. The van der Waals surface area contributed by atoms with Crippen molar-refractivity contribution in [1.82, 2.24) is 25.2 Å². The topological polar surface area (TPSA) is 133 Å². The van der Waals surface area contributed by atoms with Crippen molar-refractivity contribution in [2.45, 2.75) is 31.3 Å². The van der Waals surface area contributed by atoms with Gasteiger partial charge in [-0.05, 0) is 31.4 Å². The Morgan fingerprint density at radius 3 is 2.67 bits per heavy atom. The van der Waals surface area contributed by atoms with Gasteiger partial charge in [-0.25, -0.2) is 4.68 Å². The van der Waals surface area contributed by atoms with Crippen molar-refractivity contribution in [3.05, 3.63) is 42.2 Å². The lowest BCUT2D eigenvalue weighted by Crippen LogP contribution is -2.42. The normalized spacial score (nSPS) is 20.4. The number of hydrogen-bond acceptors (Lipinski definition) is 6. The lowest BCUT2D eigenvalue weighted by molar-refractivity contribution is -0.130. The van der Waals surface area contributed by atoms with Crippen LogP contribution in [0.25, 0.3) is 0 Å². The molecule has 1 saturated carbocycles. The number of nitrogens with zero attached hydrogens (tertiary/aromatic N) is 5. The molecule has 2 N–H and O–H groups in total.